The Hall–Kier alpha value is -3.10. The summed E-state index contributed by atoms with van der Waals surface area (Å²) in [5, 5.41) is 9.01. The van der Waals surface area contributed by atoms with E-state index in [1.165, 1.54) is 18.7 Å². The van der Waals surface area contributed by atoms with Gasteiger partial charge in [-0.1, -0.05) is 46.3 Å². The molecule has 0 aromatic heterocycles. The summed E-state index contributed by atoms with van der Waals surface area (Å²) in [6.45, 7) is 1.48. The number of Topliss-reactive ketones (excluding diaryl/α,β-unsaturated/α-hetero) is 1. The fraction of sp³-hybridized carbons (Fsp3) is 0.0870. The Morgan fingerprint density at radius 1 is 0.968 bits per heavy atom. The Morgan fingerprint density at radius 2 is 1.65 bits per heavy atom. The number of halogens is 1. The minimum absolute atomic E-state index is 0.162. The first-order valence-corrected chi connectivity index (χ1v) is 11.2. The number of hydrogen-bond donors (Lipinski definition) is 1. The van der Waals surface area contributed by atoms with Crippen molar-refractivity contribution in [2.24, 2.45) is 5.10 Å². The maximum atomic E-state index is 13.8. The number of para-hydroxylation sites is 2. The molecule has 31 heavy (non-hydrogen) atoms. The van der Waals surface area contributed by atoms with Crippen LogP contribution in [-0.2, 0) is 4.79 Å². The van der Waals surface area contributed by atoms with E-state index in [0.717, 1.165) is 10.2 Å². The van der Waals surface area contributed by atoms with Crippen molar-refractivity contribution in [3.8, 4) is 0 Å². The van der Waals surface area contributed by atoms with E-state index in [9.17, 15) is 9.59 Å². The van der Waals surface area contributed by atoms with Crippen LogP contribution in [0.15, 0.2) is 88.4 Å². The average molecular weight is 493 g/mol. The van der Waals surface area contributed by atoms with Crippen LogP contribution in [0.5, 0.6) is 0 Å². The minimum Gasteiger partial charge on any atom is -0.334 e. The van der Waals surface area contributed by atoms with Crippen LogP contribution in [0, 0.1) is 0 Å². The van der Waals surface area contributed by atoms with Crippen LogP contribution in [0.3, 0.4) is 0 Å². The Labute approximate surface area is 192 Å². The summed E-state index contributed by atoms with van der Waals surface area (Å²) in [7, 11) is 0. The lowest BCUT2D eigenvalue weighted by molar-refractivity contribution is -0.110. The van der Waals surface area contributed by atoms with E-state index in [-0.39, 0.29) is 11.7 Å². The lowest BCUT2D eigenvalue weighted by Gasteiger charge is -2.48. The van der Waals surface area contributed by atoms with Crippen LogP contribution in [0.2, 0.25) is 0 Å². The zero-order valence-corrected chi connectivity index (χ0v) is 18.9. The van der Waals surface area contributed by atoms with Crippen molar-refractivity contribution in [3.05, 3.63) is 88.9 Å². The third kappa shape index (κ3) is 3.23. The van der Waals surface area contributed by atoms with E-state index in [0.29, 0.717) is 22.0 Å². The van der Waals surface area contributed by atoms with Gasteiger partial charge < -0.3 is 5.32 Å². The molecule has 2 aliphatic rings. The van der Waals surface area contributed by atoms with Crippen molar-refractivity contribution < 1.29 is 9.59 Å². The van der Waals surface area contributed by atoms with E-state index in [1.54, 1.807) is 16.0 Å². The minimum atomic E-state index is -1.18. The van der Waals surface area contributed by atoms with Gasteiger partial charge >= 0.3 is 0 Å². The zero-order valence-electron chi connectivity index (χ0n) is 16.4. The molecule has 0 saturated heterocycles. The summed E-state index contributed by atoms with van der Waals surface area (Å²) < 4.78 is 0.922. The normalized spacial score (nSPS) is 19.8. The molecule has 1 atom stereocenters. The standard InChI is InChI=1S/C23H17BrN4O2S/c1-15(29)21-26-28(18-13-11-16(24)12-14-18)23(31-21)25-20-10-6-5-9-19(20)22(30)27(23)17-7-3-2-4-8-17/h2-14,25H,1H3/t23-/m0/s1. The lowest BCUT2D eigenvalue weighted by Crippen LogP contribution is -2.65. The van der Waals surface area contributed by atoms with Gasteiger partial charge in [-0.05, 0) is 60.3 Å². The molecule has 0 bridgehead atoms. The number of ketones is 1. The molecule has 3 aromatic rings. The number of benzene rings is 3. The van der Waals surface area contributed by atoms with Crippen LogP contribution < -0.4 is 15.2 Å². The molecule has 154 valence electrons. The number of carbonyl (C=O) groups excluding carboxylic acids is 2. The molecule has 6 nitrogen and oxygen atoms in total. The molecule has 5 rings (SSSR count). The Bertz CT molecular complexity index is 1220. The van der Waals surface area contributed by atoms with Gasteiger partial charge in [-0.15, -0.1) is 0 Å². The summed E-state index contributed by atoms with van der Waals surface area (Å²) in [4.78, 5) is 27.8. The van der Waals surface area contributed by atoms with Crippen molar-refractivity contribution in [1.29, 1.82) is 0 Å². The monoisotopic (exact) mass is 492 g/mol. The van der Waals surface area contributed by atoms with E-state index in [1.807, 2.05) is 72.8 Å². The van der Waals surface area contributed by atoms with E-state index in [2.05, 4.69) is 26.3 Å². The maximum absolute atomic E-state index is 13.8. The van der Waals surface area contributed by atoms with E-state index >= 15 is 0 Å². The summed E-state index contributed by atoms with van der Waals surface area (Å²) in [5.74, 6) is -0.333. The molecule has 0 fully saturated rings. The summed E-state index contributed by atoms with van der Waals surface area (Å²) in [6, 6.07) is 24.4. The van der Waals surface area contributed by atoms with Crippen molar-refractivity contribution in [2.75, 3.05) is 15.2 Å². The van der Waals surface area contributed by atoms with Crippen molar-refractivity contribution in [3.63, 3.8) is 0 Å². The van der Waals surface area contributed by atoms with Gasteiger partial charge in [0.15, 0.2) is 10.8 Å². The van der Waals surface area contributed by atoms with E-state index in [4.69, 9.17) is 0 Å². The third-order valence-corrected chi connectivity index (χ3v) is 6.90. The number of hydrazone groups is 1. The second-order valence-electron chi connectivity index (χ2n) is 7.11. The smallest absolute Gasteiger partial charge is 0.273 e. The van der Waals surface area contributed by atoms with Crippen LogP contribution >= 0.6 is 27.7 Å². The van der Waals surface area contributed by atoms with Crippen molar-refractivity contribution >= 4 is 61.5 Å². The van der Waals surface area contributed by atoms with Crippen LogP contribution in [0.25, 0.3) is 0 Å². The molecule has 0 saturated carbocycles. The van der Waals surface area contributed by atoms with Gasteiger partial charge in [0, 0.05) is 17.1 Å². The topological polar surface area (TPSA) is 65.0 Å². The first kappa shape index (κ1) is 19.8. The third-order valence-electron chi connectivity index (χ3n) is 5.06. The first-order chi connectivity index (χ1) is 15.0. The predicted molar refractivity (Wildman–Crippen MR) is 128 cm³/mol. The van der Waals surface area contributed by atoms with Crippen LogP contribution in [0.1, 0.15) is 17.3 Å². The van der Waals surface area contributed by atoms with Gasteiger partial charge in [-0.2, -0.15) is 5.10 Å². The number of nitrogens with one attached hydrogen (secondary N) is 1. The number of thioether (sulfide) groups is 1. The van der Waals surface area contributed by atoms with Gasteiger partial charge in [-0.3, -0.25) is 14.5 Å². The molecule has 3 aromatic carbocycles. The van der Waals surface area contributed by atoms with Gasteiger partial charge in [0.2, 0.25) is 0 Å². The molecule has 1 amide bonds. The zero-order chi connectivity index (χ0) is 21.6. The number of nitrogens with zero attached hydrogens (tertiary/aromatic N) is 3. The van der Waals surface area contributed by atoms with Gasteiger partial charge in [0.1, 0.15) is 0 Å². The van der Waals surface area contributed by atoms with Gasteiger partial charge in [0.25, 0.3) is 11.0 Å². The Balaban J connectivity index is 1.75. The lowest BCUT2D eigenvalue weighted by atomic mass is 10.1. The molecule has 2 aliphatic heterocycles. The van der Waals surface area contributed by atoms with Crippen molar-refractivity contribution in [2.45, 2.75) is 12.0 Å². The fourth-order valence-electron chi connectivity index (χ4n) is 3.67. The highest BCUT2D eigenvalue weighted by Crippen LogP contribution is 2.49. The summed E-state index contributed by atoms with van der Waals surface area (Å²) in [5.41, 5.74) is 2.69. The largest absolute Gasteiger partial charge is 0.334 e. The molecular formula is C23H17BrN4O2S. The first-order valence-electron chi connectivity index (χ1n) is 9.61. The second kappa shape index (κ2) is 7.55. The fourth-order valence-corrected chi connectivity index (χ4v) is 5.14. The highest BCUT2D eigenvalue weighted by Gasteiger charge is 2.56. The van der Waals surface area contributed by atoms with Crippen LogP contribution in [0.4, 0.5) is 17.1 Å². The number of hydrogen-bond acceptors (Lipinski definition) is 6. The number of carbonyl (C=O) groups is 2. The summed E-state index contributed by atoms with van der Waals surface area (Å²) >= 11 is 4.69. The predicted octanol–water partition coefficient (Wildman–Crippen LogP) is 5.29. The Kier molecular flexibility index (Phi) is 4.83. The highest BCUT2D eigenvalue weighted by molar-refractivity contribution is 9.10. The molecule has 0 radical (unpaired) electrons. The Morgan fingerprint density at radius 3 is 2.35 bits per heavy atom. The van der Waals surface area contributed by atoms with E-state index < -0.39 is 5.12 Å². The number of amides is 1. The molecule has 0 unspecified atom stereocenters. The average Bonchev–Trinajstić information content (AvgIpc) is 3.15. The maximum Gasteiger partial charge on any atom is 0.273 e. The number of anilines is 3. The highest BCUT2D eigenvalue weighted by atomic mass is 79.9. The van der Waals surface area contributed by atoms with Gasteiger partial charge in [-0.25, -0.2) is 5.01 Å². The quantitative estimate of drug-likeness (QED) is 0.538. The molecule has 2 heterocycles. The molecular weight excluding hydrogens is 476 g/mol. The number of rotatable bonds is 3. The SMILES string of the molecule is CC(=O)C1=NN(c2ccc(Br)cc2)[C@@]2(Nc3ccccc3C(=O)N2c2ccccc2)S1. The molecule has 8 heteroatoms. The van der Waals surface area contributed by atoms with Crippen LogP contribution in [-0.4, -0.2) is 21.9 Å². The summed E-state index contributed by atoms with van der Waals surface area (Å²) in [6.07, 6.45) is 0. The van der Waals surface area contributed by atoms with Crippen molar-refractivity contribution in [1.82, 2.24) is 0 Å². The number of fused-ring (bicyclic) bond motifs is 1. The molecule has 0 aliphatic carbocycles. The molecule has 1 spiro atoms. The van der Waals surface area contributed by atoms with Gasteiger partial charge in [0.05, 0.1) is 16.9 Å². The second-order valence-corrected chi connectivity index (χ2v) is 9.18. The molecule has 1 N–H and O–H groups in total.